The van der Waals surface area contributed by atoms with Gasteiger partial charge in [0.25, 0.3) is 0 Å². The molecule has 5 nitrogen and oxygen atoms in total. The first kappa shape index (κ1) is 13.0. The Bertz CT molecular complexity index is 575. The minimum Gasteiger partial charge on any atom is -0.312 e. The average Bonchev–Trinajstić information content (AvgIpc) is 2.87. The highest BCUT2D eigenvalue weighted by molar-refractivity contribution is 5.93. The van der Waals surface area contributed by atoms with Crippen LogP contribution in [0.25, 0.3) is 0 Å². The van der Waals surface area contributed by atoms with E-state index in [-0.39, 0.29) is 5.78 Å². The quantitative estimate of drug-likeness (QED) is 0.810. The Balaban J connectivity index is 1.50. The molecule has 1 fully saturated rings. The summed E-state index contributed by atoms with van der Waals surface area (Å²) in [5.41, 5.74) is 1.76. The normalized spacial score (nSPS) is 15.0. The van der Waals surface area contributed by atoms with Crippen LogP contribution in [-0.4, -0.2) is 33.9 Å². The molecule has 20 heavy (non-hydrogen) atoms. The standard InChI is InChI=1S/C15H18N4O/c20-15(8-4-7-12-5-2-1-3-6-12)14-11-19(18-17-14)13-9-16-10-13/h1-3,5-6,11,13,16H,4,7-10H2. The Kier molecular flexibility index (Phi) is 3.87. The van der Waals surface area contributed by atoms with Gasteiger partial charge in [-0.2, -0.15) is 0 Å². The second-order valence-corrected chi connectivity index (χ2v) is 5.16. The fourth-order valence-corrected chi connectivity index (χ4v) is 2.27. The molecule has 0 atom stereocenters. The van der Waals surface area contributed by atoms with Crippen LogP contribution in [0.2, 0.25) is 0 Å². The summed E-state index contributed by atoms with van der Waals surface area (Å²) in [6.07, 6.45) is 4.07. The number of ketones is 1. The smallest absolute Gasteiger partial charge is 0.184 e. The molecular weight excluding hydrogens is 252 g/mol. The molecule has 0 spiro atoms. The Labute approximate surface area is 118 Å². The van der Waals surface area contributed by atoms with E-state index >= 15 is 0 Å². The first-order valence-corrected chi connectivity index (χ1v) is 7.02. The van der Waals surface area contributed by atoms with Crippen LogP contribution in [0, 0.1) is 0 Å². The van der Waals surface area contributed by atoms with Gasteiger partial charge in [0.05, 0.1) is 12.2 Å². The molecule has 3 rings (SSSR count). The SMILES string of the molecule is O=C(CCCc1ccccc1)c1cn(C2CNC2)nn1. The molecule has 0 amide bonds. The second-order valence-electron chi connectivity index (χ2n) is 5.16. The maximum atomic E-state index is 12.0. The van der Waals surface area contributed by atoms with E-state index in [0.29, 0.717) is 18.2 Å². The number of benzene rings is 1. The lowest BCUT2D eigenvalue weighted by Gasteiger charge is -2.26. The van der Waals surface area contributed by atoms with Gasteiger partial charge in [-0.05, 0) is 18.4 Å². The zero-order valence-electron chi connectivity index (χ0n) is 11.3. The number of nitrogens with one attached hydrogen (secondary N) is 1. The molecule has 0 radical (unpaired) electrons. The molecule has 0 unspecified atom stereocenters. The predicted molar refractivity (Wildman–Crippen MR) is 75.6 cm³/mol. The van der Waals surface area contributed by atoms with E-state index < -0.39 is 0 Å². The molecule has 1 aliphatic heterocycles. The van der Waals surface area contributed by atoms with Crippen molar-refractivity contribution in [1.29, 1.82) is 0 Å². The van der Waals surface area contributed by atoms with Gasteiger partial charge in [0.15, 0.2) is 5.78 Å². The Hall–Kier alpha value is -2.01. The maximum Gasteiger partial charge on any atom is 0.184 e. The van der Waals surface area contributed by atoms with E-state index in [1.165, 1.54) is 5.56 Å². The molecule has 2 heterocycles. The summed E-state index contributed by atoms with van der Waals surface area (Å²) in [7, 11) is 0. The molecule has 0 saturated carbocycles. The summed E-state index contributed by atoms with van der Waals surface area (Å²) in [6.45, 7) is 1.82. The Morgan fingerprint density at radius 3 is 2.80 bits per heavy atom. The third kappa shape index (κ3) is 2.93. The van der Waals surface area contributed by atoms with E-state index in [0.717, 1.165) is 25.9 Å². The number of aryl methyl sites for hydroxylation is 1. The minimum absolute atomic E-state index is 0.0828. The van der Waals surface area contributed by atoms with Gasteiger partial charge < -0.3 is 5.32 Å². The average molecular weight is 270 g/mol. The van der Waals surface area contributed by atoms with E-state index in [2.05, 4.69) is 27.8 Å². The zero-order chi connectivity index (χ0) is 13.8. The van der Waals surface area contributed by atoms with Crippen molar-refractivity contribution < 1.29 is 4.79 Å². The minimum atomic E-state index is 0.0828. The molecule has 1 N–H and O–H groups in total. The maximum absolute atomic E-state index is 12.0. The van der Waals surface area contributed by atoms with Crippen molar-refractivity contribution in [2.75, 3.05) is 13.1 Å². The highest BCUT2D eigenvalue weighted by Crippen LogP contribution is 2.12. The van der Waals surface area contributed by atoms with Crippen molar-refractivity contribution in [1.82, 2.24) is 20.3 Å². The van der Waals surface area contributed by atoms with Crippen LogP contribution in [0.3, 0.4) is 0 Å². The summed E-state index contributed by atoms with van der Waals surface area (Å²) in [6, 6.07) is 10.6. The predicted octanol–water partition coefficient (Wildman–Crippen LogP) is 1.63. The van der Waals surface area contributed by atoms with Gasteiger partial charge in [-0.15, -0.1) is 5.10 Å². The van der Waals surface area contributed by atoms with Crippen LogP contribution in [0.4, 0.5) is 0 Å². The first-order valence-electron chi connectivity index (χ1n) is 7.02. The number of hydrogen-bond acceptors (Lipinski definition) is 4. The van der Waals surface area contributed by atoms with Gasteiger partial charge in [0.1, 0.15) is 5.69 Å². The molecule has 2 aromatic rings. The lowest BCUT2D eigenvalue weighted by atomic mass is 10.1. The zero-order valence-corrected chi connectivity index (χ0v) is 11.3. The van der Waals surface area contributed by atoms with Crippen molar-refractivity contribution >= 4 is 5.78 Å². The van der Waals surface area contributed by atoms with Gasteiger partial charge in [-0.1, -0.05) is 35.5 Å². The van der Waals surface area contributed by atoms with Crippen molar-refractivity contribution in [3.8, 4) is 0 Å². The fourth-order valence-electron chi connectivity index (χ4n) is 2.27. The van der Waals surface area contributed by atoms with Crippen molar-refractivity contribution in [3.63, 3.8) is 0 Å². The van der Waals surface area contributed by atoms with Gasteiger partial charge in [-0.25, -0.2) is 4.68 Å². The first-order chi connectivity index (χ1) is 9.83. The molecule has 1 aliphatic rings. The van der Waals surface area contributed by atoms with Crippen LogP contribution in [0.15, 0.2) is 36.5 Å². The highest BCUT2D eigenvalue weighted by Gasteiger charge is 2.21. The Morgan fingerprint density at radius 1 is 1.30 bits per heavy atom. The lowest BCUT2D eigenvalue weighted by Crippen LogP contribution is -2.43. The molecule has 5 heteroatoms. The summed E-state index contributed by atoms with van der Waals surface area (Å²) in [5.74, 6) is 0.0828. The second kappa shape index (κ2) is 5.96. The van der Waals surface area contributed by atoms with E-state index in [4.69, 9.17) is 0 Å². The summed E-state index contributed by atoms with van der Waals surface area (Å²) in [4.78, 5) is 12.0. The van der Waals surface area contributed by atoms with Crippen LogP contribution >= 0.6 is 0 Å². The van der Waals surface area contributed by atoms with Crippen LogP contribution in [-0.2, 0) is 6.42 Å². The summed E-state index contributed by atoms with van der Waals surface area (Å²) >= 11 is 0. The van der Waals surface area contributed by atoms with E-state index in [9.17, 15) is 4.79 Å². The van der Waals surface area contributed by atoms with E-state index in [1.807, 2.05) is 18.2 Å². The van der Waals surface area contributed by atoms with Crippen molar-refractivity contribution in [3.05, 3.63) is 47.8 Å². The third-order valence-electron chi connectivity index (χ3n) is 3.64. The van der Waals surface area contributed by atoms with Gasteiger partial charge in [0.2, 0.25) is 0 Å². The molecule has 1 aromatic heterocycles. The van der Waals surface area contributed by atoms with Crippen LogP contribution in [0.1, 0.15) is 34.9 Å². The number of carbonyl (C=O) groups is 1. The number of nitrogens with zero attached hydrogens (tertiary/aromatic N) is 3. The molecule has 1 saturated heterocycles. The van der Waals surface area contributed by atoms with Crippen LogP contribution < -0.4 is 5.32 Å². The molecular formula is C15H18N4O. The van der Waals surface area contributed by atoms with Gasteiger partial charge >= 0.3 is 0 Å². The molecule has 1 aromatic carbocycles. The van der Waals surface area contributed by atoms with Crippen LogP contribution in [0.5, 0.6) is 0 Å². The number of Topliss-reactive ketones (excluding diaryl/α,β-unsaturated/α-hetero) is 1. The van der Waals surface area contributed by atoms with E-state index in [1.54, 1.807) is 10.9 Å². The number of carbonyl (C=O) groups excluding carboxylic acids is 1. The number of aromatic nitrogens is 3. The Morgan fingerprint density at radius 2 is 2.10 bits per heavy atom. The molecule has 104 valence electrons. The van der Waals surface area contributed by atoms with Gasteiger partial charge in [-0.3, -0.25) is 4.79 Å². The van der Waals surface area contributed by atoms with Gasteiger partial charge in [0, 0.05) is 19.5 Å². The third-order valence-corrected chi connectivity index (χ3v) is 3.64. The number of rotatable bonds is 6. The molecule has 0 aliphatic carbocycles. The fraction of sp³-hybridized carbons (Fsp3) is 0.400. The largest absolute Gasteiger partial charge is 0.312 e. The lowest BCUT2D eigenvalue weighted by molar-refractivity contribution is 0.0975. The van der Waals surface area contributed by atoms with Crippen molar-refractivity contribution in [2.24, 2.45) is 0 Å². The monoisotopic (exact) mass is 270 g/mol. The summed E-state index contributed by atoms with van der Waals surface area (Å²) in [5, 5.41) is 11.2. The molecule has 0 bridgehead atoms. The highest BCUT2D eigenvalue weighted by atomic mass is 16.1. The topological polar surface area (TPSA) is 59.8 Å². The van der Waals surface area contributed by atoms with Crippen molar-refractivity contribution in [2.45, 2.75) is 25.3 Å². The summed E-state index contributed by atoms with van der Waals surface area (Å²) < 4.78 is 1.79. The number of hydrogen-bond donors (Lipinski definition) is 1.